The minimum Gasteiger partial charge on any atom is -0.324 e. The van der Waals surface area contributed by atoms with Crippen molar-refractivity contribution in [3.8, 4) is 0 Å². The van der Waals surface area contributed by atoms with Crippen LogP contribution in [0.4, 0.5) is 0 Å². The molecule has 0 fully saturated rings. The highest BCUT2D eigenvalue weighted by molar-refractivity contribution is 5.98. The van der Waals surface area contributed by atoms with E-state index in [2.05, 4.69) is 9.98 Å². The summed E-state index contributed by atoms with van der Waals surface area (Å²) in [5, 5.41) is 0. The number of rotatable bonds is 3. The van der Waals surface area contributed by atoms with Crippen molar-refractivity contribution in [1.82, 2.24) is 4.98 Å². The van der Waals surface area contributed by atoms with Gasteiger partial charge in [0.05, 0.1) is 6.54 Å². The van der Waals surface area contributed by atoms with E-state index in [1.165, 1.54) is 0 Å². The van der Waals surface area contributed by atoms with Crippen LogP contribution >= 0.6 is 0 Å². The maximum absolute atomic E-state index is 5.84. The highest BCUT2D eigenvalue weighted by Crippen LogP contribution is 2.02. The van der Waals surface area contributed by atoms with Gasteiger partial charge >= 0.3 is 0 Å². The van der Waals surface area contributed by atoms with Gasteiger partial charge in [-0.2, -0.15) is 0 Å². The summed E-state index contributed by atoms with van der Waals surface area (Å²) in [5.74, 6) is 0. The van der Waals surface area contributed by atoms with Crippen LogP contribution < -0.4 is 5.73 Å². The van der Waals surface area contributed by atoms with E-state index in [1.54, 1.807) is 12.4 Å². The number of hydrogen-bond acceptors (Lipinski definition) is 3. The molecular weight excluding hydrogens is 174 g/mol. The summed E-state index contributed by atoms with van der Waals surface area (Å²) in [5.41, 5.74) is 7.71. The van der Waals surface area contributed by atoms with Crippen LogP contribution in [0.1, 0.15) is 26.3 Å². The average Bonchev–Trinajstić information content (AvgIpc) is 2.14. The van der Waals surface area contributed by atoms with E-state index in [0.717, 1.165) is 11.3 Å². The van der Waals surface area contributed by atoms with E-state index in [1.807, 2.05) is 32.9 Å². The van der Waals surface area contributed by atoms with Gasteiger partial charge in [-0.05, 0) is 38.5 Å². The van der Waals surface area contributed by atoms with Crippen molar-refractivity contribution in [1.29, 1.82) is 0 Å². The fourth-order valence-corrected chi connectivity index (χ4v) is 1.01. The Labute approximate surface area is 85.1 Å². The molecule has 0 unspecified atom stereocenters. The summed E-state index contributed by atoms with van der Waals surface area (Å²) >= 11 is 0. The normalized spacial score (nSPS) is 13.0. The molecule has 0 saturated heterocycles. The van der Waals surface area contributed by atoms with Gasteiger partial charge < -0.3 is 5.73 Å². The number of nitrogens with two attached hydrogens (primary N) is 1. The van der Waals surface area contributed by atoms with Crippen molar-refractivity contribution in [2.75, 3.05) is 6.54 Å². The number of nitrogens with zero attached hydrogens (tertiary/aromatic N) is 2. The molecule has 0 aliphatic carbocycles. The lowest BCUT2D eigenvalue weighted by atomic mass is 10.1. The Balaban J connectivity index is 2.71. The quantitative estimate of drug-likeness (QED) is 0.738. The summed E-state index contributed by atoms with van der Waals surface area (Å²) in [7, 11) is 0. The molecule has 1 heterocycles. The van der Waals surface area contributed by atoms with Crippen LogP contribution in [-0.2, 0) is 0 Å². The fraction of sp³-hybridized carbons (Fsp3) is 0.455. The summed E-state index contributed by atoms with van der Waals surface area (Å²) in [6.07, 6.45) is 3.53. The van der Waals surface area contributed by atoms with Crippen LogP contribution in [0.2, 0.25) is 0 Å². The first kappa shape index (κ1) is 10.9. The zero-order valence-corrected chi connectivity index (χ0v) is 8.99. The lowest BCUT2D eigenvalue weighted by molar-refractivity contribution is 0.534. The standard InChI is InChI=1S/C11H17N3/c1-9(14-8-11(2,3)12)10-4-6-13-7-5-10/h4-7H,8,12H2,1-3H3. The van der Waals surface area contributed by atoms with Crippen LogP contribution in [0.15, 0.2) is 29.5 Å². The molecule has 0 saturated carbocycles. The summed E-state index contributed by atoms with van der Waals surface area (Å²) in [4.78, 5) is 8.39. The average molecular weight is 191 g/mol. The van der Waals surface area contributed by atoms with Crippen molar-refractivity contribution in [2.24, 2.45) is 10.7 Å². The predicted molar refractivity (Wildman–Crippen MR) is 59.6 cm³/mol. The molecule has 0 atom stereocenters. The molecule has 1 aromatic heterocycles. The molecule has 3 nitrogen and oxygen atoms in total. The summed E-state index contributed by atoms with van der Waals surface area (Å²) < 4.78 is 0. The van der Waals surface area contributed by atoms with Crippen molar-refractivity contribution in [3.63, 3.8) is 0 Å². The third-order valence-electron chi connectivity index (χ3n) is 1.82. The fourth-order valence-electron chi connectivity index (χ4n) is 1.01. The summed E-state index contributed by atoms with van der Waals surface area (Å²) in [6.45, 7) is 6.56. The van der Waals surface area contributed by atoms with Crippen LogP contribution in [0, 0.1) is 0 Å². The molecule has 0 amide bonds. The monoisotopic (exact) mass is 191 g/mol. The van der Waals surface area contributed by atoms with Gasteiger partial charge in [0.1, 0.15) is 0 Å². The molecule has 2 N–H and O–H groups in total. The maximum Gasteiger partial charge on any atom is 0.0567 e. The molecule has 1 aromatic rings. The van der Waals surface area contributed by atoms with E-state index in [4.69, 9.17) is 5.73 Å². The molecule has 3 heteroatoms. The first-order valence-corrected chi connectivity index (χ1v) is 4.69. The molecule has 0 radical (unpaired) electrons. The molecule has 14 heavy (non-hydrogen) atoms. The van der Waals surface area contributed by atoms with Gasteiger partial charge in [-0.1, -0.05) is 0 Å². The van der Waals surface area contributed by atoms with Gasteiger partial charge in [0.15, 0.2) is 0 Å². The molecule has 0 aromatic carbocycles. The second-order valence-electron chi connectivity index (χ2n) is 4.13. The lowest BCUT2D eigenvalue weighted by Gasteiger charge is -2.15. The lowest BCUT2D eigenvalue weighted by Crippen LogP contribution is -2.35. The third-order valence-corrected chi connectivity index (χ3v) is 1.82. The predicted octanol–water partition coefficient (Wildman–Crippen LogP) is 1.63. The van der Waals surface area contributed by atoms with Gasteiger partial charge in [0.2, 0.25) is 0 Å². The maximum atomic E-state index is 5.84. The second kappa shape index (κ2) is 4.33. The van der Waals surface area contributed by atoms with Crippen molar-refractivity contribution < 1.29 is 0 Å². The first-order chi connectivity index (χ1) is 6.49. The number of pyridine rings is 1. The van der Waals surface area contributed by atoms with E-state index >= 15 is 0 Å². The number of aliphatic imine (C=N–C) groups is 1. The van der Waals surface area contributed by atoms with Gasteiger partial charge in [0.25, 0.3) is 0 Å². The topological polar surface area (TPSA) is 51.3 Å². The minimum absolute atomic E-state index is 0.242. The number of hydrogen-bond donors (Lipinski definition) is 1. The van der Waals surface area contributed by atoms with Crippen molar-refractivity contribution in [3.05, 3.63) is 30.1 Å². The Morgan fingerprint density at radius 1 is 1.43 bits per heavy atom. The molecule has 0 spiro atoms. The molecular formula is C11H17N3. The largest absolute Gasteiger partial charge is 0.324 e. The van der Waals surface area contributed by atoms with Crippen LogP contribution in [0.3, 0.4) is 0 Å². The van der Waals surface area contributed by atoms with E-state index in [9.17, 15) is 0 Å². The first-order valence-electron chi connectivity index (χ1n) is 4.69. The van der Waals surface area contributed by atoms with Crippen LogP contribution in [-0.4, -0.2) is 22.8 Å². The Morgan fingerprint density at radius 3 is 2.50 bits per heavy atom. The SMILES string of the molecule is CC(=NCC(C)(C)N)c1ccncc1. The van der Waals surface area contributed by atoms with E-state index in [0.29, 0.717) is 6.54 Å². The van der Waals surface area contributed by atoms with Gasteiger partial charge in [-0.25, -0.2) is 0 Å². The van der Waals surface area contributed by atoms with E-state index < -0.39 is 0 Å². The molecule has 76 valence electrons. The van der Waals surface area contributed by atoms with Gasteiger partial charge in [-0.15, -0.1) is 0 Å². The van der Waals surface area contributed by atoms with Crippen LogP contribution in [0.25, 0.3) is 0 Å². The van der Waals surface area contributed by atoms with Gasteiger partial charge in [0, 0.05) is 23.6 Å². The Morgan fingerprint density at radius 2 is 2.00 bits per heavy atom. The molecule has 0 aliphatic rings. The molecule has 0 aliphatic heterocycles. The zero-order chi connectivity index (χ0) is 10.6. The van der Waals surface area contributed by atoms with Gasteiger partial charge in [-0.3, -0.25) is 9.98 Å². The number of aromatic nitrogens is 1. The van der Waals surface area contributed by atoms with Crippen molar-refractivity contribution in [2.45, 2.75) is 26.3 Å². The minimum atomic E-state index is -0.242. The Kier molecular flexibility index (Phi) is 3.36. The highest BCUT2D eigenvalue weighted by Gasteiger charge is 2.09. The third kappa shape index (κ3) is 3.66. The smallest absolute Gasteiger partial charge is 0.0567 e. The summed E-state index contributed by atoms with van der Waals surface area (Å²) in [6, 6.07) is 3.89. The second-order valence-corrected chi connectivity index (χ2v) is 4.13. The highest BCUT2D eigenvalue weighted by atomic mass is 14.8. The molecule has 1 rings (SSSR count). The van der Waals surface area contributed by atoms with Crippen LogP contribution in [0.5, 0.6) is 0 Å². The molecule has 0 bridgehead atoms. The Bertz CT molecular complexity index is 309. The zero-order valence-electron chi connectivity index (χ0n) is 8.99. The van der Waals surface area contributed by atoms with E-state index in [-0.39, 0.29) is 5.54 Å². The van der Waals surface area contributed by atoms with Crippen molar-refractivity contribution >= 4 is 5.71 Å². The Hall–Kier alpha value is -1.22.